The van der Waals surface area contributed by atoms with E-state index in [-0.39, 0.29) is 5.54 Å². The second-order valence-corrected chi connectivity index (χ2v) is 8.51. The Morgan fingerprint density at radius 1 is 1.23 bits per heavy atom. The molecule has 0 unspecified atom stereocenters. The lowest BCUT2D eigenvalue weighted by molar-refractivity contribution is 0.0199. The van der Waals surface area contributed by atoms with Crippen LogP contribution in [0, 0.1) is 0 Å². The second-order valence-electron chi connectivity index (χ2n) is 6.58. The van der Waals surface area contributed by atoms with Gasteiger partial charge in [-0.1, -0.05) is 19.3 Å². The first-order chi connectivity index (χ1) is 10.5. The Morgan fingerprint density at radius 3 is 2.59 bits per heavy atom. The molecule has 124 valence electrons. The number of hydrogen-bond donors (Lipinski definition) is 0. The number of likely N-dealkylation sites (N-methyl/N-ethyl adjacent to an activating group) is 1. The molecule has 1 saturated carbocycles. The topological polar surface area (TPSA) is 58.4 Å². The van der Waals surface area contributed by atoms with Gasteiger partial charge in [-0.3, -0.25) is 9.58 Å². The predicted molar refractivity (Wildman–Crippen MR) is 85.1 cm³/mol. The summed E-state index contributed by atoms with van der Waals surface area (Å²) in [7, 11) is -1.28. The van der Waals surface area contributed by atoms with Crippen molar-refractivity contribution in [1.82, 2.24) is 19.0 Å². The summed E-state index contributed by atoms with van der Waals surface area (Å²) in [6, 6.07) is 0. The minimum absolute atomic E-state index is 0.0321. The zero-order valence-electron chi connectivity index (χ0n) is 13.5. The lowest BCUT2D eigenvalue weighted by atomic mass is 9.79. The fourth-order valence-corrected chi connectivity index (χ4v) is 5.25. The number of piperazine rings is 1. The van der Waals surface area contributed by atoms with Gasteiger partial charge in [-0.15, -0.1) is 0 Å². The van der Waals surface area contributed by atoms with Gasteiger partial charge in [0.05, 0.1) is 6.20 Å². The van der Waals surface area contributed by atoms with Crippen molar-refractivity contribution in [3.05, 3.63) is 12.4 Å². The molecule has 1 aromatic rings. The van der Waals surface area contributed by atoms with Gasteiger partial charge in [-0.05, 0) is 26.8 Å². The fourth-order valence-electron chi connectivity index (χ4n) is 3.78. The van der Waals surface area contributed by atoms with Crippen molar-refractivity contribution in [3.63, 3.8) is 0 Å². The molecule has 1 aromatic heterocycles. The van der Waals surface area contributed by atoms with Crippen molar-refractivity contribution in [2.24, 2.45) is 0 Å². The van der Waals surface area contributed by atoms with Crippen LogP contribution in [0.5, 0.6) is 0 Å². The van der Waals surface area contributed by atoms with Crippen LogP contribution in [0.1, 0.15) is 39.0 Å². The van der Waals surface area contributed by atoms with E-state index in [0.29, 0.717) is 24.5 Å². The highest BCUT2D eigenvalue weighted by molar-refractivity contribution is 7.89. The number of rotatable bonds is 3. The largest absolute Gasteiger partial charge is 0.298 e. The van der Waals surface area contributed by atoms with Gasteiger partial charge >= 0.3 is 0 Å². The minimum Gasteiger partial charge on any atom is -0.298 e. The van der Waals surface area contributed by atoms with Crippen LogP contribution < -0.4 is 0 Å². The third kappa shape index (κ3) is 2.70. The van der Waals surface area contributed by atoms with Gasteiger partial charge < -0.3 is 0 Å². The average Bonchev–Trinajstić information content (AvgIpc) is 3.01. The first kappa shape index (κ1) is 16.0. The van der Waals surface area contributed by atoms with E-state index in [0.717, 1.165) is 19.4 Å². The summed E-state index contributed by atoms with van der Waals surface area (Å²) in [6.45, 7) is 4.63. The Morgan fingerprint density at radius 2 is 1.95 bits per heavy atom. The Bertz CT molecular complexity index is 619. The molecule has 2 aliphatic rings. The van der Waals surface area contributed by atoms with Crippen molar-refractivity contribution in [3.8, 4) is 0 Å². The Balaban J connectivity index is 1.84. The van der Waals surface area contributed by atoms with Crippen LogP contribution in [0.25, 0.3) is 0 Å². The summed E-state index contributed by atoms with van der Waals surface area (Å²) < 4.78 is 29.1. The van der Waals surface area contributed by atoms with Crippen LogP contribution in [0.3, 0.4) is 0 Å². The van der Waals surface area contributed by atoms with Gasteiger partial charge in [-0.2, -0.15) is 9.40 Å². The molecule has 1 aliphatic carbocycles. The van der Waals surface area contributed by atoms with Gasteiger partial charge in [0.25, 0.3) is 0 Å². The number of aromatic nitrogens is 2. The molecule has 0 atom stereocenters. The van der Waals surface area contributed by atoms with E-state index < -0.39 is 10.0 Å². The van der Waals surface area contributed by atoms with E-state index in [2.05, 4.69) is 17.0 Å². The van der Waals surface area contributed by atoms with Crippen LogP contribution in [-0.2, 0) is 16.6 Å². The van der Waals surface area contributed by atoms with Gasteiger partial charge in [0.2, 0.25) is 10.0 Å². The first-order valence-corrected chi connectivity index (χ1v) is 9.66. The quantitative estimate of drug-likeness (QED) is 0.845. The van der Waals surface area contributed by atoms with Gasteiger partial charge in [0, 0.05) is 37.9 Å². The van der Waals surface area contributed by atoms with E-state index in [1.165, 1.54) is 25.5 Å². The van der Waals surface area contributed by atoms with Gasteiger partial charge in [-0.25, -0.2) is 8.42 Å². The van der Waals surface area contributed by atoms with Crippen LogP contribution in [0.4, 0.5) is 0 Å². The number of aryl methyl sites for hydroxylation is 1. The van der Waals surface area contributed by atoms with Crippen molar-refractivity contribution >= 4 is 10.0 Å². The zero-order valence-corrected chi connectivity index (χ0v) is 14.3. The maximum absolute atomic E-state index is 12.9. The second kappa shape index (κ2) is 5.94. The molecule has 0 aromatic carbocycles. The van der Waals surface area contributed by atoms with Crippen molar-refractivity contribution in [1.29, 1.82) is 0 Å². The van der Waals surface area contributed by atoms with Crippen molar-refractivity contribution < 1.29 is 8.42 Å². The molecule has 1 spiro atoms. The normalized spacial score (nSPS) is 23.9. The van der Waals surface area contributed by atoms with E-state index in [4.69, 9.17) is 0 Å². The molecule has 7 heteroatoms. The zero-order chi connectivity index (χ0) is 15.8. The van der Waals surface area contributed by atoms with E-state index in [1.54, 1.807) is 15.2 Å². The molecule has 0 N–H and O–H groups in total. The molecule has 2 fully saturated rings. The Labute approximate surface area is 133 Å². The smallest absolute Gasteiger partial charge is 0.246 e. The summed E-state index contributed by atoms with van der Waals surface area (Å²) in [5.41, 5.74) is 0.0321. The molecule has 3 rings (SSSR count). The maximum atomic E-state index is 12.9. The molecular formula is C15H26N4O2S. The van der Waals surface area contributed by atoms with Gasteiger partial charge in [0.15, 0.2) is 0 Å². The van der Waals surface area contributed by atoms with Crippen LogP contribution in [-0.4, -0.2) is 59.6 Å². The third-order valence-corrected chi connectivity index (χ3v) is 7.12. The lowest BCUT2D eigenvalue weighted by Crippen LogP contribution is -2.62. The van der Waals surface area contributed by atoms with Gasteiger partial charge in [0.1, 0.15) is 4.90 Å². The predicted octanol–water partition coefficient (Wildman–Crippen LogP) is 1.54. The van der Waals surface area contributed by atoms with Crippen LogP contribution in [0.2, 0.25) is 0 Å². The molecule has 2 heterocycles. The maximum Gasteiger partial charge on any atom is 0.246 e. The Kier molecular flexibility index (Phi) is 4.31. The standard InChI is InChI=1S/C15H26N4O2S/c1-3-18-12-14(11-16-18)22(20,21)19-10-9-17(2)15(13-19)7-5-4-6-8-15/h11-12H,3-10,13H2,1-2H3. The van der Waals surface area contributed by atoms with E-state index >= 15 is 0 Å². The number of nitrogens with zero attached hydrogens (tertiary/aromatic N) is 4. The summed E-state index contributed by atoms with van der Waals surface area (Å²) >= 11 is 0. The SMILES string of the molecule is CCn1cc(S(=O)(=O)N2CCN(C)C3(CCCCC3)C2)cn1. The minimum atomic E-state index is -3.43. The molecule has 0 bridgehead atoms. The van der Waals surface area contributed by atoms with E-state index in [9.17, 15) is 8.42 Å². The molecule has 0 amide bonds. The van der Waals surface area contributed by atoms with Crippen LogP contribution >= 0.6 is 0 Å². The molecule has 0 radical (unpaired) electrons. The average molecular weight is 326 g/mol. The highest BCUT2D eigenvalue weighted by Crippen LogP contribution is 2.37. The fraction of sp³-hybridized carbons (Fsp3) is 0.800. The van der Waals surface area contributed by atoms with E-state index in [1.807, 2.05) is 6.92 Å². The van der Waals surface area contributed by atoms with Crippen molar-refractivity contribution in [2.45, 2.75) is 56.0 Å². The summed E-state index contributed by atoms with van der Waals surface area (Å²) in [6.07, 6.45) is 8.99. The molecule has 22 heavy (non-hydrogen) atoms. The summed E-state index contributed by atoms with van der Waals surface area (Å²) in [5, 5.41) is 4.12. The molecular weight excluding hydrogens is 300 g/mol. The third-order valence-electron chi connectivity index (χ3n) is 5.32. The highest BCUT2D eigenvalue weighted by atomic mass is 32.2. The van der Waals surface area contributed by atoms with Crippen LogP contribution in [0.15, 0.2) is 17.3 Å². The number of hydrogen-bond acceptors (Lipinski definition) is 4. The number of sulfonamides is 1. The summed E-state index contributed by atoms with van der Waals surface area (Å²) in [4.78, 5) is 2.71. The monoisotopic (exact) mass is 326 g/mol. The highest BCUT2D eigenvalue weighted by Gasteiger charge is 2.44. The van der Waals surface area contributed by atoms with Crippen molar-refractivity contribution in [2.75, 3.05) is 26.7 Å². The molecule has 1 aliphatic heterocycles. The molecule has 6 nitrogen and oxygen atoms in total. The lowest BCUT2D eigenvalue weighted by Gasteiger charge is -2.50. The summed E-state index contributed by atoms with van der Waals surface area (Å²) in [5.74, 6) is 0. The first-order valence-electron chi connectivity index (χ1n) is 8.22. The Hall–Kier alpha value is -0.920. The molecule has 1 saturated heterocycles.